The molecule has 4 nitrogen and oxygen atoms in total. The Morgan fingerprint density at radius 2 is 1.85 bits per heavy atom. The molecule has 6 heteroatoms. The molecule has 0 amide bonds. The van der Waals surface area contributed by atoms with Gasteiger partial charge in [-0.2, -0.15) is 24.1 Å². The molecule has 0 spiro atoms. The Morgan fingerprint density at radius 3 is 2.54 bits per heavy atom. The fraction of sp³-hybridized carbons (Fsp3) is 0.100. The molecule has 0 fully saturated rings. The molecule has 3 aromatic rings. The zero-order chi connectivity index (χ0) is 17.2. The molecule has 2 heterocycles. The first-order chi connectivity index (χ1) is 12.2. The van der Waals surface area contributed by atoms with E-state index in [-0.39, 0.29) is 21.1 Å². The van der Waals surface area contributed by atoms with Gasteiger partial charge in [-0.25, -0.2) is 0 Å². The van der Waals surface area contributed by atoms with Crippen LogP contribution in [0.5, 0.6) is 11.5 Å². The van der Waals surface area contributed by atoms with Gasteiger partial charge in [0.25, 0.3) is 0 Å². The molecule has 0 unspecified atom stereocenters. The first-order valence-electron chi connectivity index (χ1n) is 7.86. The van der Waals surface area contributed by atoms with Crippen molar-refractivity contribution in [3.63, 3.8) is 0 Å². The topological polar surface area (TPSA) is 28.6 Å². The van der Waals surface area contributed by atoms with Crippen LogP contribution < -0.4 is 9.64 Å². The van der Waals surface area contributed by atoms with Crippen molar-refractivity contribution >= 4 is 17.0 Å². The van der Waals surface area contributed by atoms with Gasteiger partial charge in [-0.1, -0.05) is 6.07 Å². The third kappa shape index (κ3) is 4.17. The van der Waals surface area contributed by atoms with E-state index in [9.17, 15) is 0 Å². The maximum Gasteiger partial charge on any atom is 0.0421 e. The third-order valence-electron chi connectivity index (χ3n) is 3.64. The molecular weight excluding hydrogens is 525 g/mol. The van der Waals surface area contributed by atoms with Crippen molar-refractivity contribution in [3.05, 3.63) is 78.7 Å². The number of anilines is 1. The number of thiazole rings is 1. The third-order valence-corrected chi connectivity index (χ3v) is 4.59. The number of ether oxygens (including phenoxy) is 1. The van der Waals surface area contributed by atoms with Crippen molar-refractivity contribution in [3.8, 4) is 22.1 Å². The van der Waals surface area contributed by atoms with E-state index in [0.717, 1.165) is 16.3 Å². The smallest absolute Gasteiger partial charge is 0.0421 e. The summed E-state index contributed by atoms with van der Waals surface area (Å²) in [5, 5.41) is 0.945. The van der Waals surface area contributed by atoms with Crippen molar-refractivity contribution in [2.45, 2.75) is 6.92 Å². The number of hydrogen-bond acceptors (Lipinski definition) is 5. The number of nitrogens with zero attached hydrogens (tertiary/aromatic N) is 3. The molecule has 0 saturated heterocycles. The van der Waals surface area contributed by atoms with Gasteiger partial charge < -0.3 is 14.5 Å². The molecule has 1 aliphatic heterocycles. The van der Waals surface area contributed by atoms with Gasteiger partial charge in [-0.05, 0) is 26.4 Å². The van der Waals surface area contributed by atoms with Crippen LogP contribution in [0.2, 0.25) is 0 Å². The predicted octanol–water partition coefficient (Wildman–Crippen LogP) is 4.85. The van der Waals surface area contributed by atoms with Crippen LogP contribution in [0.15, 0.2) is 55.0 Å². The van der Waals surface area contributed by atoms with Crippen molar-refractivity contribution in [2.24, 2.45) is 0 Å². The average Bonchev–Trinajstić information content (AvgIpc) is 3.24. The van der Waals surface area contributed by atoms with Crippen LogP contribution in [0.25, 0.3) is 10.6 Å². The van der Waals surface area contributed by atoms with Gasteiger partial charge in [0, 0.05) is 48.6 Å². The average molecular weight is 542 g/mol. The molecule has 0 atom stereocenters. The molecule has 1 aliphatic rings. The second-order valence-corrected chi connectivity index (χ2v) is 6.93. The molecule has 1 aromatic heterocycles. The Bertz CT molecular complexity index is 925. The second-order valence-electron chi connectivity index (χ2n) is 5.69. The summed E-state index contributed by atoms with van der Waals surface area (Å²) in [6, 6.07) is 18.2. The maximum absolute atomic E-state index is 5.96. The monoisotopic (exact) mass is 541 g/mol. The summed E-state index contributed by atoms with van der Waals surface area (Å²) in [7, 11) is 1.98. The molecule has 4 rings (SSSR count). The SMILES string of the molecule is Cc1cnc(-c2[c-]c(Oc3[c-]c(N4C=CN(C)[CH-]4)ccc3)ccc2)s1.[Pt]. The van der Waals surface area contributed by atoms with Crippen LogP contribution in [-0.4, -0.2) is 16.9 Å². The molecular formula is C20H16N3OPtS-3. The minimum absolute atomic E-state index is 0. The summed E-state index contributed by atoms with van der Waals surface area (Å²) in [4.78, 5) is 9.56. The van der Waals surface area contributed by atoms with Crippen molar-refractivity contribution in [1.82, 2.24) is 9.88 Å². The van der Waals surface area contributed by atoms with E-state index < -0.39 is 0 Å². The Balaban J connectivity index is 0.00000196. The van der Waals surface area contributed by atoms with Crippen LogP contribution >= 0.6 is 11.3 Å². The second kappa shape index (κ2) is 8.07. The van der Waals surface area contributed by atoms with Gasteiger partial charge in [-0.3, -0.25) is 4.98 Å². The van der Waals surface area contributed by atoms with Gasteiger partial charge in [0.1, 0.15) is 0 Å². The molecule has 0 radical (unpaired) electrons. The Labute approximate surface area is 172 Å². The van der Waals surface area contributed by atoms with Gasteiger partial charge in [0.2, 0.25) is 0 Å². The standard InChI is InChI=1S/C20H16N3OS.Pt/c1-15-13-21-20(25-15)16-5-3-7-18(11-16)24-19-8-4-6-17(12-19)23-10-9-22(2)14-23;/h3-10,13-14H,1-2H3;/q-3;. The van der Waals surface area contributed by atoms with Crippen LogP contribution in [0.3, 0.4) is 0 Å². The van der Waals surface area contributed by atoms with Gasteiger partial charge in [0.15, 0.2) is 0 Å². The molecule has 0 saturated carbocycles. The quantitative estimate of drug-likeness (QED) is 0.442. The molecule has 0 N–H and O–H groups in total. The van der Waals surface area contributed by atoms with Gasteiger partial charge in [-0.15, -0.1) is 47.6 Å². The number of benzene rings is 2. The fourth-order valence-corrected chi connectivity index (χ4v) is 3.21. The summed E-state index contributed by atoms with van der Waals surface area (Å²) in [6.45, 7) is 4.02. The number of rotatable bonds is 4. The summed E-state index contributed by atoms with van der Waals surface area (Å²) >= 11 is 1.65. The van der Waals surface area contributed by atoms with Crippen LogP contribution in [0, 0.1) is 25.7 Å². The largest absolute Gasteiger partial charge is 0.510 e. The minimum Gasteiger partial charge on any atom is -0.510 e. The number of aryl methyl sites for hydroxylation is 1. The van der Waals surface area contributed by atoms with E-state index >= 15 is 0 Å². The minimum atomic E-state index is 0. The van der Waals surface area contributed by atoms with Gasteiger partial charge >= 0.3 is 0 Å². The van der Waals surface area contributed by atoms with Crippen molar-refractivity contribution < 1.29 is 25.8 Å². The van der Waals surface area contributed by atoms with E-state index in [0.29, 0.717) is 11.5 Å². The van der Waals surface area contributed by atoms with E-state index in [4.69, 9.17) is 4.74 Å². The summed E-state index contributed by atoms with van der Waals surface area (Å²) < 4.78 is 5.96. The molecule has 0 aliphatic carbocycles. The zero-order valence-electron chi connectivity index (χ0n) is 14.2. The summed E-state index contributed by atoms with van der Waals surface area (Å²) in [6.07, 6.45) is 5.83. The number of aromatic nitrogens is 1. The normalized spacial score (nSPS) is 13.0. The number of hydrogen-bond donors (Lipinski definition) is 0. The van der Waals surface area contributed by atoms with E-state index in [1.165, 1.54) is 4.88 Å². The predicted molar refractivity (Wildman–Crippen MR) is 100 cm³/mol. The van der Waals surface area contributed by atoms with Crippen LogP contribution in [0.1, 0.15) is 4.88 Å². The zero-order valence-corrected chi connectivity index (χ0v) is 17.3. The first kappa shape index (κ1) is 18.7. The molecule has 136 valence electrons. The van der Waals surface area contributed by atoms with Crippen LogP contribution in [0.4, 0.5) is 5.69 Å². The molecule has 26 heavy (non-hydrogen) atoms. The van der Waals surface area contributed by atoms with E-state index in [1.807, 2.05) is 85.4 Å². The Kier molecular flexibility index (Phi) is 5.80. The Hall–Kier alpha value is -2.10. The maximum atomic E-state index is 5.96. The molecule has 2 aromatic carbocycles. The fourth-order valence-electron chi connectivity index (χ4n) is 2.47. The summed E-state index contributed by atoms with van der Waals surface area (Å²) in [5.41, 5.74) is 1.86. The first-order valence-corrected chi connectivity index (χ1v) is 8.68. The van der Waals surface area contributed by atoms with Crippen LogP contribution in [-0.2, 0) is 21.1 Å². The van der Waals surface area contributed by atoms with Crippen molar-refractivity contribution in [2.75, 3.05) is 11.9 Å². The van der Waals surface area contributed by atoms with Gasteiger partial charge in [0.05, 0.1) is 0 Å². The van der Waals surface area contributed by atoms with E-state index in [2.05, 4.69) is 17.1 Å². The summed E-state index contributed by atoms with van der Waals surface area (Å²) in [5.74, 6) is 1.30. The van der Waals surface area contributed by atoms with E-state index in [1.54, 1.807) is 11.3 Å². The Morgan fingerprint density at radius 1 is 1.08 bits per heavy atom. The van der Waals surface area contributed by atoms with Crippen molar-refractivity contribution in [1.29, 1.82) is 0 Å². The molecule has 0 bridgehead atoms.